The number of ether oxygens (including phenoxy) is 2. The lowest BCUT2D eigenvalue weighted by Gasteiger charge is -2.27. The van der Waals surface area contributed by atoms with Gasteiger partial charge in [-0.1, -0.05) is 32.0 Å². The van der Waals surface area contributed by atoms with Crippen molar-refractivity contribution in [3.05, 3.63) is 47.3 Å². The van der Waals surface area contributed by atoms with E-state index in [-0.39, 0.29) is 40.9 Å². The van der Waals surface area contributed by atoms with Crippen molar-refractivity contribution in [2.75, 3.05) is 33.4 Å². The summed E-state index contributed by atoms with van der Waals surface area (Å²) in [6, 6.07) is 9.59. The Kier molecular flexibility index (Phi) is 15.3. The van der Waals surface area contributed by atoms with Crippen molar-refractivity contribution in [1.29, 1.82) is 0 Å². The highest BCUT2D eigenvalue weighted by Crippen LogP contribution is 2.21. The smallest absolute Gasteiger partial charge is 0.255 e. The third kappa shape index (κ3) is 11.3. The number of hydrogen-bond donors (Lipinski definition) is 4. The number of unbranched alkanes of at least 4 members (excludes halogenated alkanes) is 1. The third-order valence-corrected chi connectivity index (χ3v) is 8.73. The molecule has 2 rings (SSSR count). The molecule has 1 aromatic heterocycles. The van der Waals surface area contributed by atoms with E-state index >= 15 is 0 Å². The lowest BCUT2D eigenvalue weighted by Crippen LogP contribution is -2.45. The summed E-state index contributed by atoms with van der Waals surface area (Å²) in [6.07, 6.45) is 1.05. The van der Waals surface area contributed by atoms with E-state index in [1.54, 1.807) is 36.8 Å². The lowest BCUT2D eigenvalue weighted by atomic mass is 9.87. The molecule has 2 aromatic rings. The second-order valence-electron chi connectivity index (χ2n) is 9.01. The first-order valence-electron chi connectivity index (χ1n) is 12.1. The van der Waals surface area contributed by atoms with Gasteiger partial charge in [-0.2, -0.15) is 0 Å². The molecule has 0 spiro atoms. The number of nitrogens with two attached hydrogens (primary N) is 1. The van der Waals surface area contributed by atoms with E-state index in [1.165, 1.54) is 6.07 Å². The number of aliphatic hydroxyl groups is 1. The molecule has 0 aliphatic rings. The Bertz CT molecular complexity index is 1020. The number of methoxy groups -OCH3 is 1. The number of thiophene rings is 1. The van der Waals surface area contributed by atoms with Gasteiger partial charge in [-0.05, 0) is 54.7 Å². The van der Waals surface area contributed by atoms with Crippen LogP contribution in [0.25, 0.3) is 0 Å². The van der Waals surface area contributed by atoms with Crippen LogP contribution in [0.1, 0.15) is 43.5 Å². The average Bonchev–Trinajstić information content (AvgIpc) is 3.41. The van der Waals surface area contributed by atoms with Crippen molar-refractivity contribution >= 4 is 39.7 Å². The molecule has 0 unspecified atom stereocenters. The minimum atomic E-state index is -3.68. The molecule has 1 heterocycles. The van der Waals surface area contributed by atoms with Crippen LogP contribution >= 0.6 is 23.7 Å². The Balaban J connectivity index is 0.00000684. The summed E-state index contributed by atoms with van der Waals surface area (Å²) in [7, 11) is -2.02. The summed E-state index contributed by atoms with van der Waals surface area (Å²) < 4.78 is 38.0. The summed E-state index contributed by atoms with van der Waals surface area (Å²) in [5.41, 5.74) is 6.67. The molecule has 0 saturated carbocycles. The molecule has 0 saturated heterocycles. The molecule has 1 amide bonds. The maximum Gasteiger partial charge on any atom is 0.255 e. The number of hydrogen-bond acceptors (Lipinski definition) is 8. The molecule has 37 heavy (non-hydrogen) atoms. The fourth-order valence-electron chi connectivity index (χ4n) is 3.56. The van der Waals surface area contributed by atoms with Crippen molar-refractivity contribution in [3.8, 4) is 5.75 Å². The SMILES string of the molecule is COCCCCOc1ccccc1C(=O)NC[C@@H](C[C@H](N)[C@@H](O)CNS(=O)(=O)c1cccs1)C(C)C.Cl. The zero-order chi connectivity index (χ0) is 26.6. The van der Waals surface area contributed by atoms with Crippen molar-refractivity contribution in [2.45, 2.75) is 49.5 Å². The van der Waals surface area contributed by atoms with E-state index < -0.39 is 22.2 Å². The number of sulfonamides is 1. The number of carbonyl (C=O) groups is 1. The fraction of sp³-hybridized carbons (Fsp3) is 0.560. The van der Waals surface area contributed by atoms with Crippen LogP contribution in [0.4, 0.5) is 0 Å². The predicted molar refractivity (Wildman–Crippen MR) is 149 cm³/mol. The van der Waals surface area contributed by atoms with Crippen molar-refractivity contribution in [1.82, 2.24) is 10.0 Å². The largest absolute Gasteiger partial charge is 0.493 e. The summed E-state index contributed by atoms with van der Waals surface area (Å²) in [5.74, 6) is 0.442. The zero-order valence-corrected chi connectivity index (χ0v) is 24.0. The first-order chi connectivity index (χ1) is 17.2. The number of benzene rings is 1. The van der Waals surface area contributed by atoms with Crippen LogP contribution in [0.15, 0.2) is 46.0 Å². The molecule has 1 aromatic carbocycles. The molecular weight excluding hydrogens is 538 g/mol. The lowest BCUT2D eigenvalue weighted by molar-refractivity contribution is 0.0928. The van der Waals surface area contributed by atoms with E-state index in [4.69, 9.17) is 15.2 Å². The van der Waals surface area contributed by atoms with Crippen LogP contribution in [0.5, 0.6) is 5.75 Å². The maximum absolute atomic E-state index is 12.9. The van der Waals surface area contributed by atoms with Crippen LogP contribution in [0.3, 0.4) is 0 Å². The predicted octanol–water partition coefficient (Wildman–Crippen LogP) is 3.03. The highest BCUT2D eigenvalue weighted by molar-refractivity contribution is 7.91. The average molecular weight is 578 g/mol. The first kappa shape index (κ1) is 33.3. The molecule has 0 aliphatic carbocycles. The number of amides is 1. The molecule has 5 N–H and O–H groups in total. The summed E-state index contributed by atoms with van der Waals surface area (Å²) >= 11 is 1.10. The van der Waals surface area contributed by atoms with Gasteiger partial charge < -0.3 is 25.6 Å². The quantitative estimate of drug-likeness (QED) is 0.212. The molecule has 3 atom stereocenters. The first-order valence-corrected chi connectivity index (χ1v) is 14.5. The van der Waals surface area contributed by atoms with Gasteiger partial charge in [0.1, 0.15) is 9.96 Å². The topological polar surface area (TPSA) is 140 Å². The van der Waals surface area contributed by atoms with Crippen LogP contribution in [0.2, 0.25) is 0 Å². The number of aliphatic hydroxyl groups excluding tert-OH is 1. The highest BCUT2D eigenvalue weighted by atomic mass is 35.5. The number of para-hydroxylation sites is 1. The zero-order valence-electron chi connectivity index (χ0n) is 21.6. The van der Waals surface area contributed by atoms with E-state index in [2.05, 4.69) is 10.0 Å². The maximum atomic E-state index is 12.9. The Morgan fingerprint density at radius 3 is 2.46 bits per heavy atom. The van der Waals surface area contributed by atoms with Gasteiger partial charge in [-0.15, -0.1) is 23.7 Å². The molecule has 9 nitrogen and oxygen atoms in total. The van der Waals surface area contributed by atoms with E-state index in [0.29, 0.717) is 37.5 Å². The van der Waals surface area contributed by atoms with E-state index in [1.807, 2.05) is 19.9 Å². The van der Waals surface area contributed by atoms with Gasteiger partial charge in [0.25, 0.3) is 5.91 Å². The second-order valence-corrected chi connectivity index (χ2v) is 12.0. The van der Waals surface area contributed by atoms with Gasteiger partial charge in [0.2, 0.25) is 10.0 Å². The van der Waals surface area contributed by atoms with Gasteiger partial charge in [-0.25, -0.2) is 13.1 Å². The van der Waals surface area contributed by atoms with Crippen LogP contribution in [-0.4, -0.2) is 65.0 Å². The Morgan fingerprint density at radius 1 is 1.11 bits per heavy atom. The van der Waals surface area contributed by atoms with Crippen LogP contribution in [-0.2, 0) is 14.8 Å². The van der Waals surface area contributed by atoms with Gasteiger partial charge in [0.05, 0.1) is 18.3 Å². The minimum absolute atomic E-state index is 0. The fourth-order valence-corrected chi connectivity index (χ4v) is 5.65. The van der Waals surface area contributed by atoms with E-state index in [0.717, 1.165) is 24.2 Å². The molecule has 0 fully saturated rings. The normalized spacial score (nSPS) is 14.0. The standard InChI is InChI=1S/C25H39N3O6S2.ClH/c1-18(2)19(15-21(26)22(29)17-28-36(31,32)24-11-8-14-35-24)16-27-25(30)20-9-4-5-10-23(20)34-13-7-6-12-33-3;/h4-5,8-11,14,18-19,21-22,28-29H,6-7,12-13,15-17,26H2,1-3H3,(H,27,30);1H/t19-,21+,22+;/m1./s1. The molecular formula is C25H40ClN3O6S2. The van der Waals surface area contributed by atoms with E-state index in [9.17, 15) is 18.3 Å². The van der Waals surface area contributed by atoms with Crippen molar-refractivity contribution < 1.29 is 27.8 Å². The number of carbonyl (C=O) groups excluding carboxylic acids is 1. The Morgan fingerprint density at radius 2 is 1.81 bits per heavy atom. The van der Waals surface area contributed by atoms with Crippen molar-refractivity contribution in [2.24, 2.45) is 17.6 Å². The summed E-state index contributed by atoms with van der Waals surface area (Å²) in [5, 5.41) is 15.1. The van der Waals surface area contributed by atoms with Gasteiger partial charge in [0, 0.05) is 32.8 Å². The molecule has 210 valence electrons. The van der Waals surface area contributed by atoms with Gasteiger partial charge >= 0.3 is 0 Å². The monoisotopic (exact) mass is 577 g/mol. The number of halogens is 1. The third-order valence-electron chi connectivity index (χ3n) is 5.91. The minimum Gasteiger partial charge on any atom is -0.493 e. The second kappa shape index (κ2) is 17.0. The van der Waals surface area contributed by atoms with Crippen molar-refractivity contribution in [3.63, 3.8) is 0 Å². The summed E-state index contributed by atoms with van der Waals surface area (Å²) in [6.45, 7) is 5.37. The van der Waals surface area contributed by atoms with Gasteiger partial charge in [0.15, 0.2) is 0 Å². The number of nitrogens with one attached hydrogen (secondary N) is 2. The van der Waals surface area contributed by atoms with Crippen LogP contribution in [0, 0.1) is 11.8 Å². The molecule has 0 bridgehead atoms. The molecule has 0 aliphatic heterocycles. The molecule has 0 radical (unpaired) electrons. The van der Waals surface area contributed by atoms with Gasteiger partial charge in [-0.3, -0.25) is 4.79 Å². The number of rotatable bonds is 17. The van der Waals surface area contributed by atoms with Crippen LogP contribution < -0.4 is 20.5 Å². The molecule has 12 heteroatoms. The summed E-state index contributed by atoms with van der Waals surface area (Å²) in [4.78, 5) is 12.9. The Hall–Kier alpha value is -1.73. The Labute approximate surface area is 230 Å². The highest BCUT2D eigenvalue weighted by Gasteiger charge is 2.25.